The maximum Gasteiger partial charge on any atom is 0.393 e. The molecule has 0 unspecified atom stereocenters. The van der Waals surface area contributed by atoms with Crippen molar-refractivity contribution in [1.82, 2.24) is 9.21 Å². The maximum absolute atomic E-state index is 13.0. The number of likely N-dealkylation sites (tertiary alicyclic amines) is 1. The lowest BCUT2D eigenvalue weighted by Gasteiger charge is -2.38. The molecule has 0 saturated carbocycles. The highest BCUT2D eigenvalue weighted by molar-refractivity contribution is 7.89. The van der Waals surface area contributed by atoms with Gasteiger partial charge in [-0.1, -0.05) is 17.7 Å². The van der Waals surface area contributed by atoms with E-state index in [9.17, 15) is 26.4 Å². The number of rotatable bonds is 3. The van der Waals surface area contributed by atoms with Crippen molar-refractivity contribution < 1.29 is 26.4 Å². The standard InChI is InChI=1S/C19H25F3N2O3S/c1-14-4-6-17(7-5-14)28(26,27)24-11-8-15(9-12-24)18(25)23-10-2-3-16(13-23)19(20,21)22/h4-7,15-16H,2-3,8-13H2,1H3/t16-/m1/s1. The molecule has 0 spiro atoms. The first-order valence-electron chi connectivity index (χ1n) is 9.51. The van der Waals surface area contributed by atoms with Crippen molar-refractivity contribution in [2.45, 2.75) is 43.7 Å². The number of alkyl halides is 3. The summed E-state index contributed by atoms with van der Waals surface area (Å²) in [4.78, 5) is 14.2. The number of carbonyl (C=O) groups excluding carboxylic acids is 1. The number of carbonyl (C=O) groups is 1. The molecule has 2 fully saturated rings. The second-order valence-electron chi connectivity index (χ2n) is 7.66. The summed E-state index contributed by atoms with van der Waals surface area (Å²) in [6, 6.07) is 6.59. The molecule has 28 heavy (non-hydrogen) atoms. The average molecular weight is 418 g/mol. The van der Waals surface area contributed by atoms with Crippen molar-refractivity contribution in [2.75, 3.05) is 26.2 Å². The van der Waals surface area contributed by atoms with Crippen LogP contribution in [0.15, 0.2) is 29.2 Å². The number of hydrogen-bond donors (Lipinski definition) is 0. The van der Waals surface area contributed by atoms with Crippen LogP contribution >= 0.6 is 0 Å². The zero-order chi connectivity index (χ0) is 20.5. The highest BCUT2D eigenvalue weighted by atomic mass is 32.2. The van der Waals surface area contributed by atoms with E-state index in [0.717, 1.165) is 5.56 Å². The number of hydrogen-bond acceptors (Lipinski definition) is 3. The molecule has 2 aliphatic rings. The van der Waals surface area contributed by atoms with Crippen molar-refractivity contribution in [3.63, 3.8) is 0 Å². The Labute approximate surface area is 163 Å². The Balaban J connectivity index is 1.60. The molecule has 3 rings (SSSR count). The highest BCUT2D eigenvalue weighted by Gasteiger charge is 2.44. The molecule has 1 amide bonds. The molecule has 5 nitrogen and oxygen atoms in total. The Morgan fingerprint density at radius 1 is 1.04 bits per heavy atom. The molecule has 0 aromatic heterocycles. The first kappa shape index (κ1) is 21.1. The topological polar surface area (TPSA) is 57.7 Å². The van der Waals surface area contributed by atoms with Crippen LogP contribution in [0.3, 0.4) is 0 Å². The number of aryl methyl sites for hydroxylation is 1. The van der Waals surface area contributed by atoms with Crippen LogP contribution in [0.1, 0.15) is 31.2 Å². The molecule has 2 saturated heterocycles. The van der Waals surface area contributed by atoms with Gasteiger partial charge in [0.05, 0.1) is 10.8 Å². The van der Waals surface area contributed by atoms with E-state index < -0.39 is 28.0 Å². The number of piperidine rings is 2. The van der Waals surface area contributed by atoms with E-state index in [1.54, 1.807) is 24.3 Å². The van der Waals surface area contributed by atoms with Gasteiger partial charge in [0, 0.05) is 32.1 Å². The summed E-state index contributed by atoms with van der Waals surface area (Å²) >= 11 is 0. The Hall–Kier alpha value is -1.61. The summed E-state index contributed by atoms with van der Waals surface area (Å²) in [6.07, 6.45) is -3.23. The molecular formula is C19H25F3N2O3S. The molecule has 0 N–H and O–H groups in total. The molecular weight excluding hydrogens is 393 g/mol. The van der Waals surface area contributed by atoms with Gasteiger partial charge < -0.3 is 4.90 Å². The fourth-order valence-corrected chi connectivity index (χ4v) is 5.37. The summed E-state index contributed by atoms with van der Waals surface area (Å²) in [5.74, 6) is -2.16. The van der Waals surface area contributed by atoms with E-state index in [1.165, 1.54) is 9.21 Å². The van der Waals surface area contributed by atoms with Gasteiger partial charge in [0.2, 0.25) is 15.9 Å². The predicted octanol–water partition coefficient (Wildman–Crippen LogP) is 3.20. The van der Waals surface area contributed by atoms with Crippen molar-refractivity contribution in [3.05, 3.63) is 29.8 Å². The van der Waals surface area contributed by atoms with Gasteiger partial charge in [0.15, 0.2) is 0 Å². The van der Waals surface area contributed by atoms with E-state index >= 15 is 0 Å². The summed E-state index contributed by atoms with van der Waals surface area (Å²) < 4.78 is 65.8. The normalized spacial score (nSPS) is 23.0. The zero-order valence-electron chi connectivity index (χ0n) is 15.8. The van der Waals surface area contributed by atoms with Gasteiger partial charge >= 0.3 is 6.18 Å². The van der Waals surface area contributed by atoms with Crippen LogP contribution < -0.4 is 0 Å². The van der Waals surface area contributed by atoms with E-state index in [1.807, 2.05) is 6.92 Å². The number of benzene rings is 1. The summed E-state index contributed by atoms with van der Waals surface area (Å²) in [5, 5.41) is 0. The van der Waals surface area contributed by atoms with Gasteiger partial charge in [-0.25, -0.2) is 8.42 Å². The second kappa shape index (κ2) is 8.02. The molecule has 1 aromatic carbocycles. The van der Waals surface area contributed by atoms with Crippen LogP contribution in [0.25, 0.3) is 0 Å². The zero-order valence-corrected chi connectivity index (χ0v) is 16.6. The minimum Gasteiger partial charge on any atom is -0.342 e. The lowest BCUT2D eigenvalue weighted by molar-refractivity contribution is -0.188. The van der Waals surface area contributed by atoms with Gasteiger partial charge in [-0.3, -0.25) is 4.79 Å². The molecule has 1 aromatic rings. The van der Waals surface area contributed by atoms with Gasteiger partial charge in [0.1, 0.15) is 0 Å². The van der Waals surface area contributed by atoms with Gasteiger partial charge in [-0.2, -0.15) is 17.5 Å². The van der Waals surface area contributed by atoms with Crippen LogP contribution in [-0.2, 0) is 14.8 Å². The van der Waals surface area contributed by atoms with Crippen LogP contribution in [0.2, 0.25) is 0 Å². The third-order valence-corrected chi connectivity index (χ3v) is 7.57. The minimum atomic E-state index is -4.29. The smallest absolute Gasteiger partial charge is 0.342 e. The lowest BCUT2D eigenvalue weighted by Crippen LogP contribution is -2.49. The quantitative estimate of drug-likeness (QED) is 0.758. The molecule has 0 aliphatic carbocycles. The number of amides is 1. The number of sulfonamides is 1. The Bertz CT molecular complexity index is 801. The van der Waals surface area contributed by atoms with E-state index in [4.69, 9.17) is 0 Å². The van der Waals surface area contributed by atoms with E-state index in [-0.39, 0.29) is 36.9 Å². The van der Waals surface area contributed by atoms with Crippen LogP contribution in [0.5, 0.6) is 0 Å². The van der Waals surface area contributed by atoms with E-state index in [2.05, 4.69) is 0 Å². The van der Waals surface area contributed by atoms with Crippen molar-refractivity contribution >= 4 is 15.9 Å². The van der Waals surface area contributed by atoms with Crippen molar-refractivity contribution in [2.24, 2.45) is 11.8 Å². The summed E-state index contributed by atoms with van der Waals surface area (Å²) in [6.45, 7) is 2.32. The molecule has 1 atom stereocenters. The highest BCUT2D eigenvalue weighted by Crippen LogP contribution is 2.34. The Morgan fingerprint density at radius 3 is 2.21 bits per heavy atom. The van der Waals surface area contributed by atoms with E-state index in [0.29, 0.717) is 25.8 Å². The lowest BCUT2D eigenvalue weighted by atomic mass is 9.92. The monoisotopic (exact) mass is 418 g/mol. The Kier molecular flexibility index (Phi) is 6.05. The molecule has 156 valence electrons. The number of halogens is 3. The molecule has 2 aliphatic heterocycles. The third-order valence-electron chi connectivity index (χ3n) is 5.66. The molecule has 0 radical (unpaired) electrons. The predicted molar refractivity (Wildman–Crippen MR) is 98.0 cm³/mol. The fraction of sp³-hybridized carbons (Fsp3) is 0.632. The van der Waals surface area contributed by atoms with Crippen LogP contribution in [0, 0.1) is 18.8 Å². The molecule has 0 bridgehead atoms. The summed E-state index contributed by atoms with van der Waals surface area (Å²) in [5.41, 5.74) is 0.960. The third kappa shape index (κ3) is 4.51. The van der Waals surface area contributed by atoms with Gasteiger partial charge in [-0.15, -0.1) is 0 Å². The molecule has 9 heteroatoms. The second-order valence-corrected chi connectivity index (χ2v) is 9.59. The van der Waals surface area contributed by atoms with Crippen LogP contribution in [-0.4, -0.2) is 55.9 Å². The van der Waals surface area contributed by atoms with Gasteiger partial charge in [0.25, 0.3) is 0 Å². The van der Waals surface area contributed by atoms with Crippen molar-refractivity contribution in [3.8, 4) is 0 Å². The maximum atomic E-state index is 13.0. The average Bonchev–Trinajstić information content (AvgIpc) is 2.67. The fourth-order valence-electron chi connectivity index (χ4n) is 3.91. The Morgan fingerprint density at radius 2 is 1.64 bits per heavy atom. The SMILES string of the molecule is Cc1ccc(S(=O)(=O)N2CCC(C(=O)N3CCC[C@@H](C(F)(F)F)C3)CC2)cc1. The first-order valence-corrected chi connectivity index (χ1v) is 11.0. The largest absolute Gasteiger partial charge is 0.393 e. The first-order chi connectivity index (χ1) is 13.1. The van der Waals surface area contributed by atoms with Gasteiger partial charge in [-0.05, 0) is 44.7 Å². The minimum absolute atomic E-state index is 0.0561. The number of nitrogens with zero attached hydrogens (tertiary/aromatic N) is 2. The summed E-state index contributed by atoms with van der Waals surface area (Å²) in [7, 11) is -3.62. The van der Waals surface area contributed by atoms with Crippen molar-refractivity contribution in [1.29, 1.82) is 0 Å². The molecule has 2 heterocycles. The van der Waals surface area contributed by atoms with Crippen LogP contribution in [0.4, 0.5) is 13.2 Å².